The van der Waals surface area contributed by atoms with Gasteiger partial charge in [0.25, 0.3) is 5.24 Å². The van der Waals surface area contributed by atoms with E-state index in [0.29, 0.717) is 12.2 Å². The van der Waals surface area contributed by atoms with Crippen LogP contribution in [0.4, 0.5) is 0 Å². The molecule has 0 bridgehead atoms. The Morgan fingerprint density at radius 3 is 2.52 bits per heavy atom. The number of fused-ring (bicyclic) bond motifs is 1. The Morgan fingerprint density at radius 1 is 0.952 bits per heavy atom. The predicted molar refractivity (Wildman–Crippen MR) is 84.9 cm³/mol. The second kappa shape index (κ2) is 5.98. The van der Waals surface area contributed by atoms with Gasteiger partial charge in [0.2, 0.25) is 0 Å². The second-order valence-electron chi connectivity index (χ2n) is 4.74. The topological polar surface area (TPSA) is 26.3 Å². The Hall–Kier alpha value is -2.32. The molecule has 104 valence electrons. The molecule has 3 aromatic rings. The van der Waals surface area contributed by atoms with Gasteiger partial charge in [-0.2, -0.15) is 0 Å². The van der Waals surface area contributed by atoms with E-state index in [1.165, 1.54) is 0 Å². The van der Waals surface area contributed by atoms with Crippen molar-refractivity contribution in [2.75, 3.05) is 0 Å². The third-order valence-electron chi connectivity index (χ3n) is 3.31. The molecule has 0 spiro atoms. The third kappa shape index (κ3) is 3.06. The maximum Gasteiger partial charge on any atom is 0.253 e. The van der Waals surface area contributed by atoms with Crippen molar-refractivity contribution in [1.29, 1.82) is 0 Å². The third-order valence-corrected chi connectivity index (χ3v) is 3.52. The van der Waals surface area contributed by atoms with Gasteiger partial charge in [0.15, 0.2) is 0 Å². The molecule has 0 aliphatic heterocycles. The van der Waals surface area contributed by atoms with Crippen molar-refractivity contribution >= 4 is 27.6 Å². The highest BCUT2D eigenvalue weighted by Crippen LogP contribution is 2.25. The fourth-order valence-electron chi connectivity index (χ4n) is 2.25. The molecular formula is C18H13ClO2. The molecule has 0 radical (unpaired) electrons. The first-order chi connectivity index (χ1) is 10.2. The minimum absolute atomic E-state index is 0.458. The van der Waals surface area contributed by atoms with Gasteiger partial charge in [-0.15, -0.1) is 0 Å². The second-order valence-corrected chi connectivity index (χ2v) is 5.08. The molecule has 2 nitrogen and oxygen atoms in total. The number of hydrogen-bond acceptors (Lipinski definition) is 2. The lowest BCUT2D eigenvalue weighted by Crippen LogP contribution is -1.96. The molecule has 0 unspecified atom stereocenters. The van der Waals surface area contributed by atoms with Gasteiger partial charge in [-0.3, -0.25) is 4.79 Å². The smallest absolute Gasteiger partial charge is 0.253 e. The summed E-state index contributed by atoms with van der Waals surface area (Å²) in [6.07, 6.45) is 0. The minimum atomic E-state index is -0.458. The van der Waals surface area contributed by atoms with Crippen LogP contribution in [0.3, 0.4) is 0 Å². The number of hydrogen-bond donors (Lipinski definition) is 0. The number of halogens is 1. The standard InChI is InChI=1S/C18H13ClO2/c19-18(20)16-8-4-7-14-9-10-15(11-17(14)16)21-12-13-5-2-1-3-6-13/h1-11H,12H2. The average molecular weight is 297 g/mol. The Balaban J connectivity index is 1.90. The lowest BCUT2D eigenvalue weighted by molar-refractivity contribution is 0.108. The first-order valence-electron chi connectivity index (χ1n) is 6.63. The van der Waals surface area contributed by atoms with Crippen LogP contribution in [0, 0.1) is 0 Å². The molecule has 0 aliphatic carbocycles. The molecule has 0 aromatic heterocycles. The van der Waals surface area contributed by atoms with Gasteiger partial charge < -0.3 is 4.74 Å². The zero-order chi connectivity index (χ0) is 14.7. The van der Waals surface area contributed by atoms with Gasteiger partial charge in [0.1, 0.15) is 12.4 Å². The lowest BCUT2D eigenvalue weighted by Gasteiger charge is -2.09. The van der Waals surface area contributed by atoms with Gasteiger partial charge in [0, 0.05) is 5.56 Å². The van der Waals surface area contributed by atoms with Crippen molar-refractivity contribution in [3.8, 4) is 5.75 Å². The van der Waals surface area contributed by atoms with Crippen LogP contribution in [0.1, 0.15) is 15.9 Å². The van der Waals surface area contributed by atoms with Crippen molar-refractivity contribution in [3.05, 3.63) is 77.9 Å². The molecule has 0 aliphatic rings. The Morgan fingerprint density at radius 2 is 1.76 bits per heavy atom. The van der Waals surface area contributed by atoms with E-state index in [1.54, 1.807) is 6.07 Å². The van der Waals surface area contributed by atoms with E-state index in [4.69, 9.17) is 16.3 Å². The average Bonchev–Trinajstić information content (AvgIpc) is 2.53. The van der Waals surface area contributed by atoms with Crippen LogP contribution in [-0.2, 0) is 6.61 Å². The van der Waals surface area contributed by atoms with Crippen LogP contribution in [0.2, 0.25) is 0 Å². The fraction of sp³-hybridized carbons (Fsp3) is 0.0556. The van der Waals surface area contributed by atoms with Crippen molar-refractivity contribution in [1.82, 2.24) is 0 Å². The molecular weight excluding hydrogens is 284 g/mol. The minimum Gasteiger partial charge on any atom is -0.489 e. The van der Waals surface area contributed by atoms with Gasteiger partial charge in [0.05, 0.1) is 0 Å². The van der Waals surface area contributed by atoms with E-state index in [2.05, 4.69) is 0 Å². The highest BCUT2D eigenvalue weighted by atomic mass is 35.5. The summed E-state index contributed by atoms with van der Waals surface area (Å²) >= 11 is 5.63. The highest BCUT2D eigenvalue weighted by Gasteiger charge is 2.08. The summed E-state index contributed by atoms with van der Waals surface area (Å²) in [4.78, 5) is 11.5. The molecule has 0 fully saturated rings. The van der Waals surface area contributed by atoms with Gasteiger partial charge in [-0.1, -0.05) is 48.5 Å². The number of benzene rings is 3. The number of ether oxygens (including phenoxy) is 1. The van der Waals surface area contributed by atoms with E-state index in [9.17, 15) is 4.79 Å². The van der Waals surface area contributed by atoms with Crippen LogP contribution in [-0.4, -0.2) is 5.24 Å². The summed E-state index contributed by atoms with van der Waals surface area (Å²) in [5, 5.41) is 1.32. The zero-order valence-corrected chi connectivity index (χ0v) is 12.0. The van der Waals surface area contributed by atoms with Gasteiger partial charge in [-0.05, 0) is 46.1 Å². The van der Waals surface area contributed by atoms with Crippen LogP contribution < -0.4 is 4.74 Å². The van der Waals surface area contributed by atoms with E-state index >= 15 is 0 Å². The number of carbonyl (C=O) groups is 1. The number of rotatable bonds is 4. The van der Waals surface area contributed by atoms with E-state index in [0.717, 1.165) is 22.1 Å². The van der Waals surface area contributed by atoms with Crippen LogP contribution in [0.25, 0.3) is 10.8 Å². The van der Waals surface area contributed by atoms with E-state index < -0.39 is 5.24 Å². The largest absolute Gasteiger partial charge is 0.489 e. The van der Waals surface area contributed by atoms with Gasteiger partial charge in [-0.25, -0.2) is 0 Å². The zero-order valence-electron chi connectivity index (χ0n) is 11.3. The van der Waals surface area contributed by atoms with Gasteiger partial charge >= 0.3 is 0 Å². The normalized spacial score (nSPS) is 10.5. The molecule has 3 rings (SSSR count). The quantitative estimate of drug-likeness (QED) is 0.647. The molecule has 0 saturated heterocycles. The molecule has 3 heteroatoms. The first kappa shape index (κ1) is 13.7. The molecule has 0 N–H and O–H groups in total. The number of carbonyl (C=O) groups excluding carboxylic acids is 1. The summed E-state index contributed by atoms with van der Waals surface area (Å²) in [5.74, 6) is 0.719. The molecule has 21 heavy (non-hydrogen) atoms. The SMILES string of the molecule is O=C(Cl)c1cccc2ccc(OCc3ccccc3)cc12. The summed E-state index contributed by atoms with van der Waals surface area (Å²) < 4.78 is 5.78. The van der Waals surface area contributed by atoms with E-state index in [-0.39, 0.29) is 0 Å². The Labute approximate surface area is 127 Å². The summed E-state index contributed by atoms with van der Waals surface area (Å²) in [5.41, 5.74) is 1.60. The van der Waals surface area contributed by atoms with Crippen LogP contribution in [0.5, 0.6) is 5.75 Å². The first-order valence-corrected chi connectivity index (χ1v) is 7.01. The molecule has 0 atom stereocenters. The monoisotopic (exact) mass is 296 g/mol. The van der Waals surface area contributed by atoms with Crippen molar-refractivity contribution in [2.45, 2.75) is 6.61 Å². The van der Waals surface area contributed by atoms with Crippen LogP contribution >= 0.6 is 11.6 Å². The lowest BCUT2D eigenvalue weighted by atomic mass is 10.1. The highest BCUT2D eigenvalue weighted by molar-refractivity contribution is 6.68. The molecule has 0 heterocycles. The molecule has 3 aromatic carbocycles. The van der Waals surface area contributed by atoms with Crippen molar-refractivity contribution in [3.63, 3.8) is 0 Å². The van der Waals surface area contributed by atoms with Crippen LogP contribution in [0.15, 0.2) is 66.7 Å². The molecule has 0 saturated carbocycles. The molecule has 0 amide bonds. The summed E-state index contributed by atoms with van der Waals surface area (Å²) in [7, 11) is 0. The fourth-order valence-corrected chi connectivity index (χ4v) is 2.42. The predicted octanol–water partition coefficient (Wildman–Crippen LogP) is 4.80. The maximum absolute atomic E-state index is 11.5. The maximum atomic E-state index is 11.5. The Bertz CT molecular complexity index is 782. The van der Waals surface area contributed by atoms with Crippen molar-refractivity contribution < 1.29 is 9.53 Å². The summed E-state index contributed by atoms with van der Waals surface area (Å²) in [6.45, 7) is 0.489. The van der Waals surface area contributed by atoms with Crippen molar-refractivity contribution in [2.24, 2.45) is 0 Å². The Kier molecular flexibility index (Phi) is 3.89. The van der Waals surface area contributed by atoms with E-state index in [1.807, 2.05) is 60.7 Å². The summed E-state index contributed by atoms with van der Waals surface area (Å²) in [6, 6.07) is 21.1.